The number of aliphatic hydroxyl groups is 1. The normalized spacial score (nSPS) is 17.3. The number of aliphatic hydroxyl groups excluding tert-OH is 1. The summed E-state index contributed by atoms with van der Waals surface area (Å²) in [5.74, 6) is -0.870. The van der Waals surface area contributed by atoms with E-state index < -0.39 is 18.1 Å². The van der Waals surface area contributed by atoms with Crippen molar-refractivity contribution in [3.05, 3.63) is 0 Å². The second-order valence-corrected chi connectivity index (χ2v) is 3.37. The van der Waals surface area contributed by atoms with Gasteiger partial charge in [-0.1, -0.05) is 6.92 Å². The minimum atomic E-state index is -0.695. The maximum absolute atomic E-state index is 11.3. The van der Waals surface area contributed by atoms with Crippen LogP contribution >= 0.6 is 0 Å². The number of nitrogens with one attached hydrogen (secondary N) is 1. The molecule has 3 unspecified atom stereocenters. The Hall–Kier alpha value is -0.900. The highest BCUT2D eigenvalue weighted by atomic mass is 16.3. The number of amides is 1. The van der Waals surface area contributed by atoms with E-state index in [0.717, 1.165) is 0 Å². The molecule has 2 N–H and O–H groups in total. The largest absolute Gasteiger partial charge is 0.393 e. The molecule has 0 aromatic rings. The van der Waals surface area contributed by atoms with Gasteiger partial charge >= 0.3 is 0 Å². The summed E-state index contributed by atoms with van der Waals surface area (Å²) in [5.41, 5.74) is 0. The van der Waals surface area contributed by atoms with Crippen molar-refractivity contribution in [2.45, 2.75) is 39.8 Å². The van der Waals surface area contributed by atoms with Crippen molar-refractivity contribution in [2.75, 3.05) is 0 Å². The van der Waals surface area contributed by atoms with Gasteiger partial charge in [-0.25, -0.2) is 0 Å². The first-order valence-electron chi connectivity index (χ1n) is 4.35. The van der Waals surface area contributed by atoms with Gasteiger partial charge in [-0.15, -0.1) is 0 Å². The third-order valence-corrected chi connectivity index (χ3v) is 2.11. The molecule has 0 radical (unpaired) electrons. The van der Waals surface area contributed by atoms with Crippen LogP contribution in [0.3, 0.4) is 0 Å². The van der Waals surface area contributed by atoms with Crippen molar-refractivity contribution >= 4 is 11.7 Å². The Kier molecular flexibility index (Phi) is 4.62. The van der Waals surface area contributed by atoms with E-state index in [9.17, 15) is 9.59 Å². The van der Waals surface area contributed by atoms with Crippen molar-refractivity contribution in [1.82, 2.24) is 5.32 Å². The molecular weight excluding hydrogens is 170 g/mol. The number of hydrogen-bond acceptors (Lipinski definition) is 3. The van der Waals surface area contributed by atoms with Crippen LogP contribution < -0.4 is 5.32 Å². The molecule has 0 aromatic heterocycles. The molecule has 0 saturated carbocycles. The average Bonchev–Trinajstić information content (AvgIpc) is 2.02. The molecule has 0 aliphatic carbocycles. The van der Waals surface area contributed by atoms with Gasteiger partial charge < -0.3 is 10.4 Å². The lowest BCUT2D eigenvalue weighted by molar-refractivity contribution is -0.131. The topological polar surface area (TPSA) is 66.4 Å². The first kappa shape index (κ1) is 12.1. The zero-order valence-corrected chi connectivity index (χ0v) is 8.50. The Morgan fingerprint density at radius 1 is 1.23 bits per heavy atom. The smallest absolute Gasteiger partial charge is 0.225 e. The van der Waals surface area contributed by atoms with E-state index in [2.05, 4.69) is 5.32 Å². The molecule has 0 saturated heterocycles. The Labute approximate surface area is 78.3 Å². The summed E-state index contributed by atoms with van der Waals surface area (Å²) < 4.78 is 0. The molecule has 0 rings (SSSR count). The molecule has 3 atom stereocenters. The maximum Gasteiger partial charge on any atom is 0.225 e. The molecule has 1 amide bonds. The lowest BCUT2D eigenvalue weighted by Gasteiger charge is -2.17. The highest BCUT2D eigenvalue weighted by Crippen LogP contribution is 2.02. The first-order valence-corrected chi connectivity index (χ1v) is 4.35. The molecule has 0 bridgehead atoms. The van der Waals surface area contributed by atoms with Gasteiger partial charge in [0.2, 0.25) is 5.91 Å². The number of carbonyl (C=O) groups is 2. The predicted octanol–water partition coefficient (Wildman–Crippen LogP) is 0.0970. The van der Waals surface area contributed by atoms with Crippen LogP contribution in [0.1, 0.15) is 27.7 Å². The Morgan fingerprint density at radius 3 is 2.00 bits per heavy atom. The lowest BCUT2D eigenvalue weighted by Crippen LogP contribution is -2.42. The molecule has 0 aromatic carbocycles. The fourth-order valence-electron chi connectivity index (χ4n) is 0.666. The van der Waals surface area contributed by atoms with Crippen LogP contribution in [-0.2, 0) is 9.59 Å². The molecule has 0 spiro atoms. The second-order valence-electron chi connectivity index (χ2n) is 3.37. The number of rotatable bonds is 4. The SMILES string of the molecule is CC(=O)C(C)NC(=O)C(C)C(C)O. The van der Waals surface area contributed by atoms with Gasteiger partial charge in [0.05, 0.1) is 18.1 Å². The third-order valence-electron chi connectivity index (χ3n) is 2.11. The molecule has 4 nitrogen and oxygen atoms in total. The summed E-state index contributed by atoms with van der Waals surface area (Å²) in [6.07, 6.45) is -0.695. The van der Waals surface area contributed by atoms with Crippen LogP contribution in [0.25, 0.3) is 0 Å². The van der Waals surface area contributed by atoms with E-state index in [1.165, 1.54) is 6.92 Å². The summed E-state index contributed by atoms with van der Waals surface area (Å²) in [6.45, 7) is 6.20. The van der Waals surface area contributed by atoms with Crippen LogP contribution in [-0.4, -0.2) is 28.9 Å². The van der Waals surface area contributed by atoms with E-state index in [1.54, 1.807) is 20.8 Å². The highest BCUT2D eigenvalue weighted by Gasteiger charge is 2.20. The van der Waals surface area contributed by atoms with Crippen LogP contribution in [0, 0.1) is 5.92 Å². The minimum absolute atomic E-state index is 0.0915. The number of carbonyl (C=O) groups excluding carboxylic acids is 2. The molecular formula is C9H17NO3. The standard InChI is InChI=1S/C9H17NO3/c1-5(7(3)11)9(13)10-6(2)8(4)12/h5-7,11H,1-4H3,(H,10,13). The average molecular weight is 187 g/mol. The molecule has 0 heterocycles. The zero-order chi connectivity index (χ0) is 10.6. The lowest BCUT2D eigenvalue weighted by atomic mass is 10.1. The number of ketones is 1. The highest BCUT2D eigenvalue weighted by molar-refractivity contribution is 5.88. The molecule has 0 fully saturated rings. The quantitative estimate of drug-likeness (QED) is 0.656. The van der Waals surface area contributed by atoms with E-state index >= 15 is 0 Å². The fourth-order valence-corrected chi connectivity index (χ4v) is 0.666. The molecule has 0 aliphatic heterocycles. The van der Waals surface area contributed by atoms with E-state index in [0.29, 0.717) is 0 Å². The van der Waals surface area contributed by atoms with Crippen molar-refractivity contribution in [3.8, 4) is 0 Å². The Morgan fingerprint density at radius 2 is 1.69 bits per heavy atom. The number of hydrogen-bond donors (Lipinski definition) is 2. The van der Waals surface area contributed by atoms with Crippen molar-refractivity contribution < 1.29 is 14.7 Å². The summed E-state index contributed by atoms with van der Waals surface area (Å²) in [4.78, 5) is 22.1. The summed E-state index contributed by atoms with van der Waals surface area (Å²) >= 11 is 0. The van der Waals surface area contributed by atoms with Crippen LogP contribution in [0.4, 0.5) is 0 Å². The van der Waals surface area contributed by atoms with Crippen molar-refractivity contribution in [2.24, 2.45) is 5.92 Å². The second kappa shape index (κ2) is 4.97. The van der Waals surface area contributed by atoms with Crippen LogP contribution in [0.5, 0.6) is 0 Å². The molecule has 76 valence electrons. The van der Waals surface area contributed by atoms with Gasteiger partial charge in [-0.2, -0.15) is 0 Å². The van der Waals surface area contributed by atoms with Gasteiger partial charge in [-0.05, 0) is 20.8 Å². The van der Waals surface area contributed by atoms with Crippen molar-refractivity contribution in [1.29, 1.82) is 0 Å². The summed E-state index contributed by atoms with van der Waals surface area (Å²) in [5, 5.41) is 11.6. The fraction of sp³-hybridized carbons (Fsp3) is 0.778. The molecule has 13 heavy (non-hydrogen) atoms. The summed E-state index contributed by atoms with van der Waals surface area (Å²) in [6, 6.07) is -0.478. The minimum Gasteiger partial charge on any atom is -0.393 e. The van der Waals surface area contributed by atoms with Gasteiger partial charge in [0.25, 0.3) is 0 Å². The van der Waals surface area contributed by atoms with Gasteiger partial charge in [0.15, 0.2) is 5.78 Å². The molecule has 0 aliphatic rings. The van der Waals surface area contributed by atoms with Crippen LogP contribution in [0.15, 0.2) is 0 Å². The van der Waals surface area contributed by atoms with E-state index in [4.69, 9.17) is 5.11 Å². The van der Waals surface area contributed by atoms with Gasteiger partial charge in [0.1, 0.15) is 0 Å². The Bertz CT molecular complexity index is 201. The molecule has 4 heteroatoms. The predicted molar refractivity (Wildman–Crippen MR) is 49.1 cm³/mol. The number of Topliss-reactive ketones (excluding diaryl/α,β-unsaturated/α-hetero) is 1. The summed E-state index contributed by atoms with van der Waals surface area (Å²) in [7, 11) is 0. The van der Waals surface area contributed by atoms with Gasteiger partial charge in [-0.3, -0.25) is 9.59 Å². The Balaban J connectivity index is 4.08. The van der Waals surface area contributed by atoms with Gasteiger partial charge in [0, 0.05) is 0 Å². The monoisotopic (exact) mass is 187 g/mol. The first-order chi connectivity index (χ1) is 5.86. The zero-order valence-electron chi connectivity index (χ0n) is 8.50. The van der Waals surface area contributed by atoms with E-state index in [1.807, 2.05) is 0 Å². The van der Waals surface area contributed by atoms with Crippen molar-refractivity contribution in [3.63, 3.8) is 0 Å². The van der Waals surface area contributed by atoms with E-state index in [-0.39, 0.29) is 11.7 Å². The maximum atomic E-state index is 11.3. The van der Waals surface area contributed by atoms with Crippen LogP contribution in [0.2, 0.25) is 0 Å². The third kappa shape index (κ3) is 4.03.